The number of aryl methyl sites for hydroxylation is 1. The van der Waals surface area contributed by atoms with Gasteiger partial charge in [-0.05, 0) is 56.9 Å². The SMILES string of the molecule is CCN1CCC(CNc2ncc(N)cc2C)CC1. The summed E-state index contributed by atoms with van der Waals surface area (Å²) in [5.74, 6) is 1.74. The molecule has 0 atom stereocenters. The molecule has 100 valence electrons. The predicted molar refractivity (Wildman–Crippen MR) is 76.7 cm³/mol. The van der Waals surface area contributed by atoms with Crippen LogP contribution in [0.4, 0.5) is 11.5 Å². The lowest BCUT2D eigenvalue weighted by atomic mass is 9.97. The molecule has 0 amide bonds. The number of rotatable bonds is 4. The summed E-state index contributed by atoms with van der Waals surface area (Å²) in [7, 11) is 0. The number of pyridine rings is 1. The first-order valence-corrected chi connectivity index (χ1v) is 6.87. The summed E-state index contributed by atoms with van der Waals surface area (Å²) in [5.41, 5.74) is 7.56. The highest BCUT2D eigenvalue weighted by atomic mass is 15.1. The fourth-order valence-corrected chi connectivity index (χ4v) is 2.53. The van der Waals surface area contributed by atoms with Gasteiger partial charge in [-0.25, -0.2) is 4.98 Å². The van der Waals surface area contributed by atoms with Gasteiger partial charge in [0.05, 0.1) is 11.9 Å². The Labute approximate surface area is 110 Å². The van der Waals surface area contributed by atoms with Crippen LogP contribution in [-0.2, 0) is 0 Å². The molecule has 4 nitrogen and oxygen atoms in total. The van der Waals surface area contributed by atoms with Gasteiger partial charge in [0, 0.05) is 6.54 Å². The van der Waals surface area contributed by atoms with Crippen molar-refractivity contribution in [2.45, 2.75) is 26.7 Å². The molecule has 0 unspecified atom stereocenters. The maximum Gasteiger partial charge on any atom is 0.129 e. The van der Waals surface area contributed by atoms with E-state index in [-0.39, 0.29) is 0 Å². The Morgan fingerprint density at radius 3 is 2.78 bits per heavy atom. The average molecular weight is 248 g/mol. The lowest BCUT2D eigenvalue weighted by Gasteiger charge is -2.31. The van der Waals surface area contributed by atoms with E-state index in [1.54, 1.807) is 6.20 Å². The van der Waals surface area contributed by atoms with Crippen LogP contribution in [0, 0.1) is 12.8 Å². The van der Waals surface area contributed by atoms with Crippen molar-refractivity contribution in [1.29, 1.82) is 0 Å². The van der Waals surface area contributed by atoms with Gasteiger partial charge in [-0.1, -0.05) is 6.92 Å². The fraction of sp³-hybridized carbons (Fsp3) is 0.643. The van der Waals surface area contributed by atoms with Gasteiger partial charge in [0.1, 0.15) is 5.82 Å². The average Bonchev–Trinajstić information content (AvgIpc) is 2.38. The van der Waals surface area contributed by atoms with Crippen molar-refractivity contribution < 1.29 is 0 Å². The van der Waals surface area contributed by atoms with E-state index in [1.807, 2.05) is 13.0 Å². The van der Waals surface area contributed by atoms with Crippen LogP contribution in [0.2, 0.25) is 0 Å². The molecule has 0 bridgehead atoms. The minimum absolute atomic E-state index is 0.731. The van der Waals surface area contributed by atoms with Crippen molar-refractivity contribution >= 4 is 11.5 Å². The third-order valence-electron chi connectivity index (χ3n) is 3.81. The number of nitrogens with one attached hydrogen (secondary N) is 1. The molecule has 1 aliphatic heterocycles. The van der Waals surface area contributed by atoms with E-state index in [9.17, 15) is 0 Å². The topological polar surface area (TPSA) is 54.2 Å². The van der Waals surface area contributed by atoms with E-state index in [0.717, 1.165) is 29.5 Å². The largest absolute Gasteiger partial charge is 0.397 e. The van der Waals surface area contributed by atoms with Gasteiger partial charge in [-0.3, -0.25) is 0 Å². The van der Waals surface area contributed by atoms with Crippen LogP contribution in [-0.4, -0.2) is 36.1 Å². The molecule has 1 fully saturated rings. The van der Waals surface area contributed by atoms with Crippen LogP contribution in [0.3, 0.4) is 0 Å². The summed E-state index contributed by atoms with van der Waals surface area (Å²) in [6.45, 7) is 8.95. The fourth-order valence-electron chi connectivity index (χ4n) is 2.53. The van der Waals surface area contributed by atoms with Crippen LogP contribution >= 0.6 is 0 Å². The van der Waals surface area contributed by atoms with Crippen LogP contribution in [0.1, 0.15) is 25.3 Å². The van der Waals surface area contributed by atoms with E-state index in [2.05, 4.69) is 22.1 Å². The summed E-state index contributed by atoms with van der Waals surface area (Å²) in [5, 5.41) is 3.46. The van der Waals surface area contributed by atoms with Gasteiger partial charge in [0.25, 0.3) is 0 Å². The lowest BCUT2D eigenvalue weighted by Crippen LogP contribution is -2.35. The molecule has 18 heavy (non-hydrogen) atoms. The molecule has 4 heteroatoms. The van der Waals surface area contributed by atoms with Gasteiger partial charge < -0.3 is 16.0 Å². The first-order chi connectivity index (χ1) is 8.69. The quantitative estimate of drug-likeness (QED) is 0.857. The molecule has 3 N–H and O–H groups in total. The van der Waals surface area contributed by atoms with Gasteiger partial charge in [0.2, 0.25) is 0 Å². The summed E-state index contributed by atoms with van der Waals surface area (Å²) in [6.07, 6.45) is 4.29. The van der Waals surface area contributed by atoms with Gasteiger partial charge in [-0.2, -0.15) is 0 Å². The second-order valence-electron chi connectivity index (χ2n) is 5.19. The van der Waals surface area contributed by atoms with Crippen molar-refractivity contribution in [2.24, 2.45) is 5.92 Å². The molecule has 0 aromatic carbocycles. The highest BCUT2D eigenvalue weighted by Gasteiger charge is 2.17. The number of hydrogen-bond donors (Lipinski definition) is 2. The van der Waals surface area contributed by atoms with E-state index >= 15 is 0 Å². The minimum atomic E-state index is 0.731. The summed E-state index contributed by atoms with van der Waals surface area (Å²) in [4.78, 5) is 6.86. The molecule has 1 aliphatic rings. The van der Waals surface area contributed by atoms with E-state index < -0.39 is 0 Å². The lowest BCUT2D eigenvalue weighted by molar-refractivity contribution is 0.198. The molecule has 1 aromatic heterocycles. The highest BCUT2D eigenvalue weighted by Crippen LogP contribution is 2.19. The van der Waals surface area contributed by atoms with Gasteiger partial charge >= 0.3 is 0 Å². The summed E-state index contributed by atoms with van der Waals surface area (Å²) in [6, 6.07) is 1.97. The van der Waals surface area contributed by atoms with Crippen molar-refractivity contribution in [2.75, 3.05) is 37.2 Å². The van der Waals surface area contributed by atoms with Gasteiger partial charge in [0.15, 0.2) is 0 Å². The standard InChI is InChI=1S/C14H24N4/c1-3-18-6-4-12(5-7-18)9-16-14-11(2)8-13(15)10-17-14/h8,10,12H,3-7,9,15H2,1-2H3,(H,16,17). The van der Waals surface area contributed by atoms with Crippen LogP contribution in [0.15, 0.2) is 12.3 Å². The molecule has 0 aliphatic carbocycles. The number of aromatic nitrogens is 1. The molecule has 1 saturated heterocycles. The summed E-state index contributed by atoms with van der Waals surface area (Å²) >= 11 is 0. The zero-order valence-corrected chi connectivity index (χ0v) is 11.4. The van der Waals surface area contributed by atoms with E-state index in [0.29, 0.717) is 0 Å². The Kier molecular flexibility index (Phi) is 4.42. The molecule has 0 spiro atoms. The molecule has 2 heterocycles. The second kappa shape index (κ2) is 6.05. The van der Waals surface area contributed by atoms with Gasteiger partial charge in [-0.15, -0.1) is 0 Å². The van der Waals surface area contributed by atoms with Crippen molar-refractivity contribution in [3.05, 3.63) is 17.8 Å². The molecule has 1 aromatic rings. The number of nitrogens with zero attached hydrogens (tertiary/aromatic N) is 2. The first kappa shape index (κ1) is 13.1. The predicted octanol–water partition coefficient (Wildman–Crippen LogP) is 2.12. The number of anilines is 2. The highest BCUT2D eigenvalue weighted by molar-refractivity contribution is 5.50. The second-order valence-corrected chi connectivity index (χ2v) is 5.19. The number of piperidine rings is 1. The molecule has 0 radical (unpaired) electrons. The Hall–Kier alpha value is -1.29. The number of nitrogen functional groups attached to an aromatic ring is 1. The van der Waals surface area contributed by atoms with Crippen molar-refractivity contribution in [1.82, 2.24) is 9.88 Å². The van der Waals surface area contributed by atoms with E-state index in [1.165, 1.54) is 32.5 Å². The Bertz CT molecular complexity index is 383. The molecule has 2 rings (SSSR count). The van der Waals surface area contributed by atoms with Crippen LogP contribution in [0.25, 0.3) is 0 Å². The first-order valence-electron chi connectivity index (χ1n) is 6.87. The Balaban J connectivity index is 1.81. The molecular formula is C14H24N4. The normalized spacial score (nSPS) is 17.9. The summed E-state index contributed by atoms with van der Waals surface area (Å²) < 4.78 is 0. The number of nitrogens with two attached hydrogens (primary N) is 1. The zero-order valence-electron chi connectivity index (χ0n) is 11.4. The monoisotopic (exact) mass is 248 g/mol. The van der Waals surface area contributed by atoms with Crippen LogP contribution in [0.5, 0.6) is 0 Å². The Morgan fingerprint density at radius 1 is 1.44 bits per heavy atom. The molecule has 0 saturated carbocycles. The number of hydrogen-bond acceptors (Lipinski definition) is 4. The smallest absolute Gasteiger partial charge is 0.129 e. The third-order valence-corrected chi connectivity index (χ3v) is 3.81. The third kappa shape index (κ3) is 3.35. The number of likely N-dealkylation sites (tertiary alicyclic amines) is 1. The van der Waals surface area contributed by atoms with Crippen molar-refractivity contribution in [3.63, 3.8) is 0 Å². The maximum absolute atomic E-state index is 5.70. The molecular weight excluding hydrogens is 224 g/mol. The zero-order chi connectivity index (χ0) is 13.0. The Morgan fingerprint density at radius 2 is 2.17 bits per heavy atom. The minimum Gasteiger partial charge on any atom is -0.397 e. The maximum atomic E-state index is 5.70. The van der Waals surface area contributed by atoms with E-state index in [4.69, 9.17) is 5.73 Å². The van der Waals surface area contributed by atoms with Crippen LogP contribution < -0.4 is 11.1 Å². The van der Waals surface area contributed by atoms with Crippen molar-refractivity contribution in [3.8, 4) is 0 Å².